The van der Waals surface area contributed by atoms with Crippen molar-refractivity contribution in [2.24, 2.45) is 0 Å². The van der Waals surface area contributed by atoms with Crippen LogP contribution in [0.4, 0.5) is 0 Å². The van der Waals surface area contributed by atoms with Crippen molar-refractivity contribution in [2.45, 2.75) is 20.4 Å². The molecule has 2 heterocycles. The minimum Gasteiger partial charge on any atom is -0.337 e. The Morgan fingerprint density at radius 1 is 1.24 bits per heavy atom. The Kier molecular flexibility index (Phi) is 4.74. The molecule has 0 bridgehead atoms. The molecule has 0 aliphatic heterocycles. The van der Waals surface area contributed by atoms with E-state index in [1.165, 1.54) is 11.0 Å². The fourth-order valence-electron chi connectivity index (χ4n) is 2.45. The van der Waals surface area contributed by atoms with E-state index in [0.29, 0.717) is 18.3 Å². The first-order valence-corrected chi connectivity index (χ1v) is 7.95. The van der Waals surface area contributed by atoms with Gasteiger partial charge >= 0.3 is 0 Å². The van der Waals surface area contributed by atoms with Gasteiger partial charge in [0.1, 0.15) is 12.2 Å². The SMILES string of the molecule is CCN(Cc1nc(-c2cccc(C)c2)no1)C(=O)c1cccc(=O)[nH]1. The Bertz CT molecular complexity index is 945. The zero-order chi connectivity index (χ0) is 17.8. The molecule has 7 nitrogen and oxygen atoms in total. The maximum Gasteiger partial charge on any atom is 0.270 e. The number of carbonyl (C=O) groups excluding carboxylic acids is 1. The molecular weight excluding hydrogens is 320 g/mol. The summed E-state index contributed by atoms with van der Waals surface area (Å²) in [5, 5.41) is 3.98. The first kappa shape index (κ1) is 16.6. The zero-order valence-corrected chi connectivity index (χ0v) is 14.0. The average Bonchev–Trinajstić information content (AvgIpc) is 3.08. The number of hydrogen-bond donors (Lipinski definition) is 1. The van der Waals surface area contributed by atoms with Crippen LogP contribution in [0.25, 0.3) is 11.4 Å². The molecule has 1 N–H and O–H groups in total. The lowest BCUT2D eigenvalue weighted by Crippen LogP contribution is -2.32. The number of H-pyrrole nitrogens is 1. The van der Waals surface area contributed by atoms with Crippen LogP contribution in [0.1, 0.15) is 28.9 Å². The number of carbonyl (C=O) groups is 1. The van der Waals surface area contributed by atoms with Crippen LogP contribution < -0.4 is 5.56 Å². The summed E-state index contributed by atoms with van der Waals surface area (Å²) in [6.45, 7) is 4.45. The largest absolute Gasteiger partial charge is 0.337 e. The number of aryl methyl sites for hydroxylation is 1. The van der Waals surface area contributed by atoms with Crippen molar-refractivity contribution in [3.8, 4) is 11.4 Å². The highest BCUT2D eigenvalue weighted by Crippen LogP contribution is 2.17. The van der Waals surface area contributed by atoms with E-state index in [9.17, 15) is 9.59 Å². The van der Waals surface area contributed by atoms with Crippen molar-refractivity contribution in [1.82, 2.24) is 20.0 Å². The number of nitrogens with one attached hydrogen (secondary N) is 1. The zero-order valence-electron chi connectivity index (χ0n) is 14.0. The minimum absolute atomic E-state index is 0.172. The van der Waals surface area contributed by atoms with Crippen molar-refractivity contribution in [2.75, 3.05) is 6.54 Å². The van der Waals surface area contributed by atoms with Gasteiger partial charge in [-0.25, -0.2) is 0 Å². The number of amides is 1. The summed E-state index contributed by atoms with van der Waals surface area (Å²) >= 11 is 0. The monoisotopic (exact) mass is 338 g/mol. The molecule has 0 fully saturated rings. The van der Waals surface area contributed by atoms with E-state index in [-0.39, 0.29) is 23.7 Å². The maximum absolute atomic E-state index is 12.5. The van der Waals surface area contributed by atoms with E-state index in [2.05, 4.69) is 15.1 Å². The number of hydrogen-bond acceptors (Lipinski definition) is 5. The quantitative estimate of drug-likeness (QED) is 0.771. The average molecular weight is 338 g/mol. The number of aromatic nitrogens is 3. The molecule has 2 aromatic heterocycles. The van der Waals surface area contributed by atoms with Gasteiger partial charge in [-0.05, 0) is 26.0 Å². The first-order chi connectivity index (χ1) is 12.1. The van der Waals surface area contributed by atoms with Gasteiger partial charge in [0.05, 0.1) is 0 Å². The van der Waals surface area contributed by atoms with Gasteiger partial charge in [-0.1, -0.05) is 35.0 Å². The van der Waals surface area contributed by atoms with Crippen molar-refractivity contribution in [3.63, 3.8) is 0 Å². The highest BCUT2D eigenvalue weighted by atomic mass is 16.5. The summed E-state index contributed by atoms with van der Waals surface area (Å²) in [5.41, 5.74) is 1.87. The second kappa shape index (κ2) is 7.12. The van der Waals surface area contributed by atoms with Gasteiger partial charge < -0.3 is 14.4 Å². The van der Waals surface area contributed by atoms with Crippen LogP contribution in [-0.2, 0) is 6.54 Å². The Labute approximate surface area is 144 Å². The standard InChI is InChI=1S/C18H18N4O3/c1-3-22(18(24)14-8-5-9-15(23)19-14)11-16-20-17(21-25-16)13-7-4-6-12(2)10-13/h4-10H,3,11H2,1-2H3,(H,19,23). The van der Waals surface area contributed by atoms with Gasteiger partial charge in [-0.2, -0.15) is 4.98 Å². The molecule has 0 spiro atoms. The Morgan fingerprint density at radius 2 is 2.04 bits per heavy atom. The van der Waals surface area contributed by atoms with Crippen molar-refractivity contribution in [3.05, 3.63) is 70.0 Å². The number of rotatable bonds is 5. The fraction of sp³-hybridized carbons (Fsp3) is 0.222. The normalized spacial score (nSPS) is 10.6. The van der Waals surface area contributed by atoms with Gasteiger partial charge in [0.2, 0.25) is 17.3 Å². The lowest BCUT2D eigenvalue weighted by Gasteiger charge is -2.18. The molecule has 3 rings (SSSR count). The van der Waals surface area contributed by atoms with E-state index in [4.69, 9.17) is 4.52 Å². The van der Waals surface area contributed by atoms with Crippen LogP contribution in [0.5, 0.6) is 0 Å². The highest BCUT2D eigenvalue weighted by molar-refractivity contribution is 5.92. The third-order valence-corrected chi connectivity index (χ3v) is 3.74. The predicted molar refractivity (Wildman–Crippen MR) is 91.9 cm³/mol. The van der Waals surface area contributed by atoms with Crippen LogP contribution in [0, 0.1) is 6.92 Å². The van der Waals surface area contributed by atoms with E-state index >= 15 is 0 Å². The summed E-state index contributed by atoms with van der Waals surface area (Å²) < 4.78 is 5.27. The van der Waals surface area contributed by atoms with Gasteiger partial charge in [-0.15, -0.1) is 0 Å². The fourth-order valence-corrected chi connectivity index (χ4v) is 2.45. The molecule has 25 heavy (non-hydrogen) atoms. The van der Waals surface area contributed by atoms with Crippen LogP contribution in [0.2, 0.25) is 0 Å². The van der Waals surface area contributed by atoms with Crippen molar-refractivity contribution in [1.29, 1.82) is 0 Å². The molecule has 1 aromatic carbocycles. The van der Waals surface area contributed by atoms with Crippen LogP contribution in [-0.4, -0.2) is 32.5 Å². The first-order valence-electron chi connectivity index (χ1n) is 7.95. The minimum atomic E-state index is -0.318. The molecule has 0 saturated carbocycles. The summed E-state index contributed by atoms with van der Waals surface area (Å²) in [6.07, 6.45) is 0. The van der Waals surface area contributed by atoms with Gasteiger partial charge in [-0.3, -0.25) is 9.59 Å². The summed E-state index contributed by atoms with van der Waals surface area (Å²) in [6, 6.07) is 12.3. The van der Waals surface area contributed by atoms with Gasteiger partial charge in [0.25, 0.3) is 5.91 Å². The van der Waals surface area contributed by atoms with E-state index in [0.717, 1.165) is 11.1 Å². The number of pyridine rings is 1. The van der Waals surface area contributed by atoms with Crippen LogP contribution in [0.3, 0.4) is 0 Å². The Morgan fingerprint density at radius 3 is 2.76 bits per heavy atom. The number of benzene rings is 1. The molecule has 7 heteroatoms. The second-order valence-corrected chi connectivity index (χ2v) is 5.63. The summed E-state index contributed by atoms with van der Waals surface area (Å²) in [4.78, 5) is 32.3. The predicted octanol–water partition coefficient (Wildman–Crippen LogP) is 2.40. The smallest absolute Gasteiger partial charge is 0.270 e. The molecule has 0 saturated heterocycles. The molecule has 0 aliphatic carbocycles. The second-order valence-electron chi connectivity index (χ2n) is 5.63. The molecule has 0 radical (unpaired) electrons. The molecule has 1 amide bonds. The highest BCUT2D eigenvalue weighted by Gasteiger charge is 2.19. The van der Waals surface area contributed by atoms with Crippen molar-refractivity contribution >= 4 is 5.91 Å². The number of aromatic amines is 1. The summed E-state index contributed by atoms with van der Waals surface area (Å²) in [5.74, 6) is 0.524. The summed E-state index contributed by atoms with van der Waals surface area (Å²) in [7, 11) is 0. The van der Waals surface area contributed by atoms with Crippen LogP contribution >= 0.6 is 0 Å². The molecular formula is C18H18N4O3. The lowest BCUT2D eigenvalue weighted by molar-refractivity contribution is 0.0728. The maximum atomic E-state index is 12.5. The van der Waals surface area contributed by atoms with E-state index < -0.39 is 0 Å². The van der Waals surface area contributed by atoms with Gasteiger partial charge in [0.15, 0.2) is 0 Å². The van der Waals surface area contributed by atoms with Gasteiger partial charge in [0, 0.05) is 18.2 Å². The topological polar surface area (TPSA) is 92.1 Å². The molecule has 0 unspecified atom stereocenters. The molecule has 0 aliphatic rings. The van der Waals surface area contributed by atoms with E-state index in [1.807, 2.05) is 38.1 Å². The lowest BCUT2D eigenvalue weighted by atomic mass is 10.1. The molecule has 0 atom stereocenters. The Balaban J connectivity index is 1.78. The molecule has 128 valence electrons. The van der Waals surface area contributed by atoms with E-state index in [1.54, 1.807) is 12.1 Å². The number of nitrogens with zero attached hydrogens (tertiary/aromatic N) is 3. The third-order valence-electron chi connectivity index (χ3n) is 3.74. The molecule has 3 aromatic rings. The third kappa shape index (κ3) is 3.82. The van der Waals surface area contributed by atoms with Crippen LogP contribution in [0.15, 0.2) is 51.8 Å². The van der Waals surface area contributed by atoms with Crippen molar-refractivity contribution < 1.29 is 9.32 Å². The Hall–Kier alpha value is -3.22.